The number of aromatic nitrogens is 5. The molecule has 190 valence electrons. The van der Waals surface area contributed by atoms with Crippen molar-refractivity contribution in [1.82, 2.24) is 24.1 Å². The highest BCUT2D eigenvalue weighted by Gasteiger charge is 2.41. The molecule has 0 spiro atoms. The number of fused-ring (bicyclic) bond motifs is 1. The Morgan fingerprint density at radius 3 is 2.03 bits per heavy atom. The molecular formula is C25H26ClF3N6O. The zero-order valence-corrected chi connectivity index (χ0v) is 21.1. The zero-order valence-electron chi connectivity index (χ0n) is 20.4. The number of halogens is 4. The van der Waals surface area contributed by atoms with Crippen molar-refractivity contribution in [2.24, 2.45) is 14.1 Å². The summed E-state index contributed by atoms with van der Waals surface area (Å²) in [6.45, 7) is 4.90. The summed E-state index contributed by atoms with van der Waals surface area (Å²) in [5.41, 5.74) is 0.614. The molecule has 0 unspecified atom stereocenters. The Morgan fingerprint density at radius 1 is 1.00 bits per heavy atom. The van der Waals surface area contributed by atoms with Crippen LogP contribution in [0.2, 0.25) is 5.15 Å². The van der Waals surface area contributed by atoms with E-state index in [1.165, 1.54) is 0 Å². The molecule has 1 fully saturated rings. The summed E-state index contributed by atoms with van der Waals surface area (Å²) in [5.74, 6) is 1.40. The third-order valence-corrected chi connectivity index (χ3v) is 7.47. The average Bonchev–Trinajstić information content (AvgIpc) is 3.29. The molecule has 7 nitrogen and oxygen atoms in total. The first-order valence-electron chi connectivity index (χ1n) is 11.6. The minimum atomic E-state index is -4.45. The molecule has 0 radical (unpaired) electrons. The fourth-order valence-electron chi connectivity index (χ4n) is 4.84. The van der Waals surface area contributed by atoms with Crippen LogP contribution in [-0.4, -0.2) is 48.5 Å². The maximum atomic E-state index is 13.5. The highest BCUT2D eigenvalue weighted by molar-refractivity contribution is 6.31. The van der Waals surface area contributed by atoms with E-state index in [4.69, 9.17) is 11.6 Å². The molecule has 0 amide bonds. The van der Waals surface area contributed by atoms with Gasteiger partial charge in [-0.2, -0.15) is 13.2 Å². The van der Waals surface area contributed by atoms with Gasteiger partial charge in [0.15, 0.2) is 5.60 Å². The molecule has 1 aliphatic heterocycles. The molecule has 4 heterocycles. The van der Waals surface area contributed by atoms with Crippen molar-refractivity contribution in [3.8, 4) is 0 Å². The zero-order chi connectivity index (χ0) is 26.0. The molecule has 0 aliphatic carbocycles. The van der Waals surface area contributed by atoms with E-state index in [2.05, 4.69) is 15.0 Å². The van der Waals surface area contributed by atoms with Gasteiger partial charge in [0.1, 0.15) is 16.8 Å². The molecule has 4 aromatic rings. The normalized spacial score (nSPS) is 14.5. The number of anilines is 1. The molecule has 11 heteroatoms. The van der Waals surface area contributed by atoms with Crippen molar-refractivity contribution in [2.75, 3.05) is 18.0 Å². The number of aliphatic hydroxyl groups is 1. The second kappa shape index (κ2) is 8.48. The monoisotopic (exact) mass is 518 g/mol. The number of alkyl halides is 3. The molecule has 0 atom stereocenters. The lowest BCUT2D eigenvalue weighted by Gasteiger charge is -2.36. The van der Waals surface area contributed by atoms with Gasteiger partial charge in [-0.1, -0.05) is 17.7 Å². The van der Waals surface area contributed by atoms with E-state index in [0.717, 1.165) is 6.42 Å². The van der Waals surface area contributed by atoms with E-state index >= 15 is 0 Å². The van der Waals surface area contributed by atoms with Crippen molar-refractivity contribution in [1.29, 1.82) is 0 Å². The van der Waals surface area contributed by atoms with Crippen molar-refractivity contribution in [3.05, 3.63) is 69.9 Å². The number of hydrogen-bond acceptors (Lipinski definition) is 5. The fourth-order valence-corrected chi connectivity index (χ4v) is 5.09. The Hall–Kier alpha value is -3.11. The summed E-state index contributed by atoms with van der Waals surface area (Å²) >= 11 is 6.30. The molecule has 1 N–H and O–H groups in total. The van der Waals surface area contributed by atoms with Crippen molar-refractivity contribution < 1.29 is 18.3 Å². The molecule has 3 aromatic heterocycles. The molecule has 1 saturated heterocycles. The molecule has 5 rings (SSSR count). The number of imidazole rings is 2. The van der Waals surface area contributed by atoms with E-state index in [-0.39, 0.29) is 10.7 Å². The van der Waals surface area contributed by atoms with Crippen LogP contribution in [0, 0.1) is 13.8 Å². The third-order valence-electron chi connectivity index (χ3n) is 7.15. The third kappa shape index (κ3) is 3.83. The Morgan fingerprint density at radius 2 is 1.58 bits per heavy atom. The fraction of sp³-hybridized carbons (Fsp3) is 0.400. The van der Waals surface area contributed by atoms with E-state index in [1.807, 2.05) is 18.7 Å². The smallest absolute Gasteiger partial charge is 0.373 e. The Bertz CT molecular complexity index is 1420. The molecular weight excluding hydrogens is 493 g/mol. The molecule has 0 bridgehead atoms. The van der Waals surface area contributed by atoms with Gasteiger partial charge in [-0.05, 0) is 38.0 Å². The number of nitrogens with zero attached hydrogens (tertiary/aromatic N) is 6. The Kier molecular flexibility index (Phi) is 5.79. The second-order valence-corrected chi connectivity index (χ2v) is 9.66. The van der Waals surface area contributed by atoms with Crippen LogP contribution in [0.5, 0.6) is 0 Å². The van der Waals surface area contributed by atoms with Crippen molar-refractivity contribution >= 4 is 28.2 Å². The highest BCUT2D eigenvalue weighted by Crippen LogP contribution is 2.43. The van der Waals surface area contributed by atoms with E-state index in [9.17, 15) is 18.3 Å². The van der Waals surface area contributed by atoms with E-state index in [1.54, 1.807) is 53.8 Å². The number of benzene rings is 1. The Balaban J connectivity index is 1.82. The van der Waals surface area contributed by atoms with Gasteiger partial charge in [-0.25, -0.2) is 15.0 Å². The minimum Gasteiger partial charge on any atom is -0.373 e. The molecule has 0 saturated carbocycles. The van der Waals surface area contributed by atoms with E-state index in [0.29, 0.717) is 58.3 Å². The minimum absolute atomic E-state index is 0.0511. The van der Waals surface area contributed by atoms with Crippen molar-refractivity contribution in [2.45, 2.75) is 38.5 Å². The van der Waals surface area contributed by atoms with Crippen LogP contribution in [0.4, 0.5) is 18.9 Å². The lowest BCUT2D eigenvalue weighted by molar-refractivity contribution is -0.127. The van der Waals surface area contributed by atoms with Crippen LogP contribution in [-0.2, 0) is 26.1 Å². The first-order valence-corrected chi connectivity index (χ1v) is 11.9. The molecule has 1 aromatic carbocycles. The van der Waals surface area contributed by atoms with Crippen LogP contribution in [0.15, 0.2) is 30.6 Å². The molecule has 36 heavy (non-hydrogen) atoms. The summed E-state index contributed by atoms with van der Waals surface area (Å²) < 4.78 is 44.2. The van der Waals surface area contributed by atoms with Gasteiger partial charge in [0.25, 0.3) is 0 Å². The van der Waals surface area contributed by atoms with Crippen LogP contribution in [0.3, 0.4) is 0 Å². The first-order chi connectivity index (χ1) is 16.9. The maximum Gasteiger partial charge on any atom is 0.393 e. The number of rotatable bonds is 5. The standard InChI is InChI=1S/C25H26ClF3N6O/c1-14-30-12-20(33(14)3)25(36,21-13-31-15(2)34(21)4)16-6-7-19-17(10-16)22(35-8-5-9-35)18(23(26)32-19)11-24(27,28)29/h6-7,10,12-13,36H,5,8-9,11H2,1-4H3. The van der Waals surface area contributed by atoms with Crippen molar-refractivity contribution in [3.63, 3.8) is 0 Å². The summed E-state index contributed by atoms with van der Waals surface area (Å²) in [7, 11) is 3.61. The van der Waals surface area contributed by atoms with E-state index < -0.39 is 18.2 Å². The lowest BCUT2D eigenvalue weighted by atomic mass is 9.86. The SMILES string of the molecule is Cc1ncc(C(O)(c2ccc3nc(Cl)c(CC(F)(F)F)c(N4CCC4)c3c2)c2cnc(C)n2C)n1C. The number of aryl methyl sites for hydroxylation is 2. The van der Waals surface area contributed by atoms with Gasteiger partial charge in [0.05, 0.1) is 41.4 Å². The van der Waals surface area contributed by atoms with Crippen LogP contribution < -0.4 is 4.90 Å². The van der Waals surface area contributed by atoms with Crippen LogP contribution in [0.1, 0.15) is 40.6 Å². The maximum absolute atomic E-state index is 13.5. The quantitative estimate of drug-likeness (QED) is 0.392. The Labute approximate surface area is 211 Å². The molecule has 1 aliphatic rings. The number of hydrogen-bond donors (Lipinski definition) is 1. The summed E-state index contributed by atoms with van der Waals surface area (Å²) in [5, 5.41) is 12.8. The summed E-state index contributed by atoms with van der Waals surface area (Å²) in [6, 6.07) is 5.13. The summed E-state index contributed by atoms with van der Waals surface area (Å²) in [4.78, 5) is 14.9. The largest absolute Gasteiger partial charge is 0.393 e. The lowest BCUT2D eigenvalue weighted by Crippen LogP contribution is -2.38. The van der Waals surface area contributed by atoms with Gasteiger partial charge >= 0.3 is 6.18 Å². The average molecular weight is 519 g/mol. The predicted molar refractivity (Wildman–Crippen MR) is 131 cm³/mol. The highest BCUT2D eigenvalue weighted by atomic mass is 35.5. The van der Waals surface area contributed by atoms with Gasteiger partial charge in [0.2, 0.25) is 0 Å². The summed E-state index contributed by atoms with van der Waals surface area (Å²) in [6.07, 6.45) is -1.55. The first kappa shape index (κ1) is 24.6. The van der Waals surface area contributed by atoms with Gasteiger partial charge in [-0.3, -0.25) is 0 Å². The predicted octanol–water partition coefficient (Wildman–Crippen LogP) is 4.57. The van der Waals surface area contributed by atoms with Crippen LogP contribution >= 0.6 is 11.6 Å². The topological polar surface area (TPSA) is 72.0 Å². The van der Waals surface area contributed by atoms with Gasteiger partial charge < -0.3 is 19.1 Å². The number of pyridine rings is 1. The van der Waals surface area contributed by atoms with Crippen LogP contribution in [0.25, 0.3) is 10.9 Å². The second-order valence-electron chi connectivity index (χ2n) is 9.30. The van der Waals surface area contributed by atoms with Gasteiger partial charge in [-0.15, -0.1) is 0 Å². The van der Waals surface area contributed by atoms with Gasteiger partial charge in [0, 0.05) is 38.1 Å².